The number of rotatable bonds is 7. The molecule has 1 heterocycles. The number of hydrogen-bond donors (Lipinski definition) is 2. The number of carbonyl (C=O) groups excluding carboxylic acids is 2. The van der Waals surface area contributed by atoms with E-state index < -0.39 is 0 Å². The molecule has 0 bridgehead atoms. The molecule has 6 heteroatoms. The summed E-state index contributed by atoms with van der Waals surface area (Å²) in [6, 6.07) is 5.84. The van der Waals surface area contributed by atoms with E-state index in [9.17, 15) is 14.0 Å². The van der Waals surface area contributed by atoms with Crippen molar-refractivity contribution in [2.75, 3.05) is 13.2 Å². The summed E-state index contributed by atoms with van der Waals surface area (Å²) in [5.41, 5.74) is 0.831. The molecule has 2 aliphatic rings. The molecule has 136 valence electrons. The van der Waals surface area contributed by atoms with Gasteiger partial charge in [0.1, 0.15) is 5.82 Å². The van der Waals surface area contributed by atoms with E-state index >= 15 is 0 Å². The average molecular weight is 348 g/mol. The molecule has 1 saturated carbocycles. The summed E-state index contributed by atoms with van der Waals surface area (Å²) >= 11 is 0. The van der Waals surface area contributed by atoms with E-state index in [1.165, 1.54) is 12.1 Å². The van der Waals surface area contributed by atoms with Gasteiger partial charge in [-0.25, -0.2) is 4.39 Å². The van der Waals surface area contributed by atoms with Gasteiger partial charge in [-0.3, -0.25) is 9.59 Å². The van der Waals surface area contributed by atoms with E-state index in [1.54, 1.807) is 12.1 Å². The van der Waals surface area contributed by atoms with Crippen molar-refractivity contribution in [1.29, 1.82) is 0 Å². The number of hydrogen-bond acceptors (Lipinski definition) is 3. The summed E-state index contributed by atoms with van der Waals surface area (Å²) in [5.74, 6) is 0.153. The molecule has 0 spiro atoms. The zero-order valence-corrected chi connectivity index (χ0v) is 14.5. The van der Waals surface area contributed by atoms with Crippen LogP contribution in [0.2, 0.25) is 0 Å². The van der Waals surface area contributed by atoms with Gasteiger partial charge in [0.2, 0.25) is 11.8 Å². The minimum absolute atomic E-state index is 0.0366. The Balaban J connectivity index is 1.53. The van der Waals surface area contributed by atoms with Crippen LogP contribution >= 0.6 is 0 Å². The molecule has 0 aromatic heterocycles. The fourth-order valence-corrected chi connectivity index (χ4v) is 3.29. The van der Waals surface area contributed by atoms with Crippen molar-refractivity contribution < 1.29 is 18.7 Å². The van der Waals surface area contributed by atoms with E-state index in [4.69, 9.17) is 4.74 Å². The van der Waals surface area contributed by atoms with Gasteiger partial charge in [-0.05, 0) is 42.9 Å². The van der Waals surface area contributed by atoms with Crippen molar-refractivity contribution in [1.82, 2.24) is 10.6 Å². The smallest absolute Gasteiger partial charge is 0.223 e. The van der Waals surface area contributed by atoms with Gasteiger partial charge in [-0.1, -0.05) is 19.1 Å². The summed E-state index contributed by atoms with van der Waals surface area (Å²) < 4.78 is 18.9. The first-order chi connectivity index (χ1) is 12.0. The van der Waals surface area contributed by atoms with Crippen LogP contribution in [0.25, 0.3) is 0 Å². The lowest BCUT2D eigenvalue weighted by Gasteiger charge is -2.25. The van der Waals surface area contributed by atoms with Crippen LogP contribution in [0.5, 0.6) is 0 Å². The SMILES string of the molecule is C[C@@H]1C[C@@H]1C(=O)NCCC(=O)N[C@H](c1ccc(F)cc1)[C@H]1CCCO1. The van der Waals surface area contributed by atoms with Crippen LogP contribution in [0.15, 0.2) is 24.3 Å². The van der Waals surface area contributed by atoms with Gasteiger partial charge in [-0.2, -0.15) is 0 Å². The fraction of sp³-hybridized carbons (Fsp3) is 0.579. The molecule has 0 unspecified atom stereocenters. The number of carbonyl (C=O) groups is 2. The lowest BCUT2D eigenvalue weighted by Crippen LogP contribution is -2.38. The van der Waals surface area contributed by atoms with E-state index in [0.717, 1.165) is 24.8 Å². The minimum Gasteiger partial charge on any atom is -0.376 e. The van der Waals surface area contributed by atoms with Gasteiger partial charge in [0, 0.05) is 25.5 Å². The third-order valence-corrected chi connectivity index (χ3v) is 4.98. The summed E-state index contributed by atoms with van der Waals surface area (Å²) in [6.07, 6.45) is 2.87. The molecule has 1 saturated heterocycles. The molecule has 2 fully saturated rings. The first kappa shape index (κ1) is 17.9. The van der Waals surface area contributed by atoms with Crippen LogP contribution in [0, 0.1) is 17.7 Å². The highest BCUT2D eigenvalue weighted by Gasteiger charge is 2.38. The fourth-order valence-electron chi connectivity index (χ4n) is 3.29. The van der Waals surface area contributed by atoms with Crippen LogP contribution in [-0.2, 0) is 14.3 Å². The third-order valence-electron chi connectivity index (χ3n) is 4.98. The maximum atomic E-state index is 13.2. The van der Waals surface area contributed by atoms with Crippen LogP contribution in [0.1, 0.15) is 44.2 Å². The predicted molar refractivity (Wildman–Crippen MR) is 91.2 cm³/mol. The summed E-state index contributed by atoms with van der Waals surface area (Å²) in [5, 5.41) is 5.80. The Morgan fingerprint density at radius 3 is 2.64 bits per heavy atom. The summed E-state index contributed by atoms with van der Waals surface area (Å²) in [6.45, 7) is 3.05. The van der Waals surface area contributed by atoms with Crippen LogP contribution in [0.3, 0.4) is 0 Å². The van der Waals surface area contributed by atoms with Crippen molar-refractivity contribution in [3.63, 3.8) is 0 Å². The zero-order valence-electron chi connectivity index (χ0n) is 14.5. The molecule has 1 aliphatic heterocycles. The maximum Gasteiger partial charge on any atom is 0.223 e. The van der Waals surface area contributed by atoms with E-state index in [2.05, 4.69) is 10.6 Å². The Labute approximate surface area is 147 Å². The molecule has 4 atom stereocenters. The first-order valence-corrected chi connectivity index (χ1v) is 8.98. The highest BCUT2D eigenvalue weighted by Crippen LogP contribution is 2.37. The molecular formula is C19H25FN2O3. The normalized spacial score (nSPS) is 26.1. The standard InChI is InChI=1S/C19H25FN2O3/c1-12-11-15(12)19(24)21-9-8-17(23)22-18(16-3-2-10-25-16)13-4-6-14(20)7-5-13/h4-7,12,15-16,18H,2-3,8-11H2,1H3,(H,21,24)(H,22,23)/t12-,15+,16-,18-/m1/s1. The van der Waals surface area contributed by atoms with Gasteiger partial charge >= 0.3 is 0 Å². The Kier molecular flexibility index (Phi) is 5.68. The van der Waals surface area contributed by atoms with E-state index in [1.807, 2.05) is 6.92 Å². The molecular weight excluding hydrogens is 323 g/mol. The Morgan fingerprint density at radius 1 is 1.32 bits per heavy atom. The predicted octanol–water partition coefficient (Wildman–Crippen LogP) is 2.32. The van der Waals surface area contributed by atoms with Crippen molar-refractivity contribution in [2.24, 2.45) is 11.8 Å². The minimum atomic E-state index is -0.307. The molecule has 25 heavy (non-hydrogen) atoms. The highest BCUT2D eigenvalue weighted by atomic mass is 19.1. The van der Waals surface area contributed by atoms with Crippen LogP contribution in [-0.4, -0.2) is 31.1 Å². The quantitative estimate of drug-likeness (QED) is 0.795. The largest absolute Gasteiger partial charge is 0.376 e. The van der Waals surface area contributed by atoms with E-state index in [-0.39, 0.29) is 42.1 Å². The molecule has 1 aromatic carbocycles. The molecule has 1 aromatic rings. The monoisotopic (exact) mass is 348 g/mol. The summed E-state index contributed by atoms with van der Waals surface area (Å²) in [7, 11) is 0. The van der Waals surface area contributed by atoms with E-state index in [0.29, 0.717) is 19.1 Å². The Bertz CT molecular complexity index is 614. The highest BCUT2D eigenvalue weighted by molar-refractivity contribution is 5.82. The van der Waals surface area contributed by atoms with Crippen molar-refractivity contribution >= 4 is 11.8 Å². The Hall–Kier alpha value is -1.95. The number of halogens is 1. The average Bonchev–Trinajstić information content (AvgIpc) is 3.09. The topological polar surface area (TPSA) is 67.4 Å². The lowest BCUT2D eigenvalue weighted by atomic mass is 9.99. The molecule has 3 rings (SSSR count). The molecule has 0 radical (unpaired) electrons. The molecule has 5 nitrogen and oxygen atoms in total. The maximum absolute atomic E-state index is 13.2. The number of ether oxygens (including phenoxy) is 1. The van der Waals surface area contributed by atoms with Gasteiger partial charge in [0.15, 0.2) is 0 Å². The second kappa shape index (κ2) is 7.95. The number of amides is 2. The lowest BCUT2D eigenvalue weighted by molar-refractivity contribution is -0.124. The molecule has 2 amide bonds. The summed E-state index contributed by atoms with van der Waals surface area (Å²) in [4.78, 5) is 24.1. The Morgan fingerprint density at radius 2 is 2.04 bits per heavy atom. The van der Waals surface area contributed by atoms with Gasteiger partial charge in [0.05, 0.1) is 12.1 Å². The number of nitrogens with one attached hydrogen (secondary N) is 2. The van der Waals surface area contributed by atoms with Crippen molar-refractivity contribution in [2.45, 2.75) is 44.8 Å². The van der Waals surface area contributed by atoms with Crippen LogP contribution < -0.4 is 10.6 Å². The van der Waals surface area contributed by atoms with Gasteiger partial charge in [0.25, 0.3) is 0 Å². The third kappa shape index (κ3) is 4.78. The van der Waals surface area contributed by atoms with Gasteiger partial charge < -0.3 is 15.4 Å². The molecule has 1 aliphatic carbocycles. The second-order valence-corrected chi connectivity index (χ2v) is 7.01. The van der Waals surface area contributed by atoms with Crippen molar-refractivity contribution in [3.05, 3.63) is 35.6 Å². The zero-order chi connectivity index (χ0) is 17.8. The second-order valence-electron chi connectivity index (χ2n) is 7.01. The first-order valence-electron chi connectivity index (χ1n) is 8.98. The number of benzene rings is 1. The van der Waals surface area contributed by atoms with Crippen LogP contribution in [0.4, 0.5) is 4.39 Å². The molecule has 2 N–H and O–H groups in total. The van der Waals surface area contributed by atoms with Crippen molar-refractivity contribution in [3.8, 4) is 0 Å². The van der Waals surface area contributed by atoms with Gasteiger partial charge in [-0.15, -0.1) is 0 Å².